The number of benzene rings is 2. The van der Waals surface area contributed by atoms with Crippen LogP contribution in [0.1, 0.15) is 16.1 Å². The highest BCUT2D eigenvalue weighted by atomic mass is 19.1. The van der Waals surface area contributed by atoms with Gasteiger partial charge in [0.05, 0.1) is 5.56 Å². The minimum Gasteiger partial charge on any atom is -0.378 e. The minimum atomic E-state index is -0.329. The van der Waals surface area contributed by atoms with E-state index in [4.69, 9.17) is 0 Å². The van der Waals surface area contributed by atoms with E-state index in [0.29, 0.717) is 22.2 Å². The van der Waals surface area contributed by atoms with E-state index >= 15 is 0 Å². The monoisotopic (exact) mass is 311 g/mol. The Balaban J connectivity index is 1.90. The van der Waals surface area contributed by atoms with Crippen molar-refractivity contribution in [3.8, 4) is 0 Å². The Morgan fingerprint density at radius 3 is 2.48 bits per heavy atom. The number of nitrogens with one attached hydrogen (secondary N) is 2. The van der Waals surface area contributed by atoms with Gasteiger partial charge in [-0.3, -0.25) is 4.79 Å². The molecule has 0 unspecified atom stereocenters. The molecular weight excluding hydrogens is 293 g/mol. The summed E-state index contributed by atoms with van der Waals surface area (Å²) < 4.78 is 13.3. The summed E-state index contributed by atoms with van der Waals surface area (Å²) in [5.74, 6) is -0.539. The molecule has 0 saturated carbocycles. The van der Waals surface area contributed by atoms with Crippen molar-refractivity contribution in [1.29, 1.82) is 0 Å². The van der Waals surface area contributed by atoms with Crippen LogP contribution < -0.4 is 10.2 Å². The first-order valence-electron chi connectivity index (χ1n) is 7.32. The average molecular weight is 311 g/mol. The summed E-state index contributed by atoms with van der Waals surface area (Å²) in [5, 5.41) is 3.60. The Kier molecular flexibility index (Phi) is 3.78. The number of anilines is 2. The number of H-pyrrole nitrogens is 1. The highest BCUT2D eigenvalue weighted by Crippen LogP contribution is 2.24. The van der Waals surface area contributed by atoms with Gasteiger partial charge in [-0.05, 0) is 49.4 Å². The van der Waals surface area contributed by atoms with E-state index in [0.717, 1.165) is 11.4 Å². The molecule has 0 atom stereocenters. The number of aryl methyl sites for hydroxylation is 1. The van der Waals surface area contributed by atoms with Crippen LogP contribution in [0.5, 0.6) is 0 Å². The first-order chi connectivity index (χ1) is 11.0. The lowest BCUT2D eigenvalue weighted by Crippen LogP contribution is -2.13. The van der Waals surface area contributed by atoms with Crippen molar-refractivity contribution in [2.75, 3.05) is 24.3 Å². The van der Waals surface area contributed by atoms with Crippen molar-refractivity contribution in [3.63, 3.8) is 0 Å². The molecule has 0 aliphatic carbocycles. The van der Waals surface area contributed by atoms with E-state index < -0.39 is 0 Å². The van der Waals surface area contributed by atoms with Crippen LogP contribution in [-0.4, -0.2) is 25.0 Å². The first-order valence-corrected chi connectivity index (χ1v) is 7.32. The van der Waals surface area contributed by atoms with E-state index in [1.807, 2.05) is 50.2 Å². The van der Waals surface area contributed by atoms with Gasteiger partial charge in [-0.15, -0.1) is 0 Å². The molecule has 1 heterocycles. The smallest absolute Gasteiger partial charge is 0.258 e. The summed E-state index contributed by atoms with van der Waals surface area (Å²) in [5.41, 5.74) is 3.65. The third-order valence-electron chi connectivity index (χ3n) is 3.82. The van der Waals surface area contributed by atoms with Gasteiger partial charge in [0.2, 0.25) is 0 Å². The summed E-state index contributed by atoms with van der Waals surface area (Å²) in [7, 11) is 3.92. The van der Waals surface area contributed by atoms with Gasteiger partial charge in [-0.2, -0.15) is 0 Å². The molecule has 1 amide bonds. The summed E-state index contributed by atoms with van der Waals surface area (Å²) in [6, 6.07) is 12.0. The van der Waals surface area contributed by atoms with Crippen LogP contribution in [0.15, 0.2) is 42.5 Å². The summed E-state index contributed by atoms with van der Waals surface area (Å²) in [4.78, 5) is 17.6. The van der Waals surface area contributed by atoms with Crippen LogP contribution in [0.25, 0.3) is 10.9 Å². The lowest BCUT2D eigenvalue weighted by molar-refractivity contribution is 0.102. The van der Waals surface area contributed by atoms with Crippen molar-refractivity contribution in [3.05, 3.63) is 59.5 Å². The normalized spacial score (nSPS) is 10.8. The third kappa shape index (κ3) is 2.90. The number of hydrogen-bond acceptors (Lipinski definition) is 2. The predicted molar refractivity (Wildman–Crippen MR) is 91.7 cm³/mol. The van der Waals surface area contributed by atoms with Crippen LogP contribution in [-0.2, 0) is 0 Å². The molecule has 0 radical (unpaired) electrons. The molecule has 0 spiro atoms. The van der Waals surface area contributed by atoms with Gasteiger partial charge in [0.25, 0.3) is 5.91 Å². The van der Waals surface area contributed by atoms with E-state index in [9.17, 15) is 9.18 Å². The molecule has 2 N–H and O–H groups in total. The number of aromatic amines is 1. The standard InChI is InChI=1S/C18H18FN3O/c1-11-17(15-9-4-12(19)10-16(15)20-11)18(23)21-13-5-7-14(8-6-13)22(2)3/h4-10,20H,1-3H3,(H,21,23). The number of hydrogen-bond donors (Lipinski definition) is 2. The second-order valence-corrected chi connectivity index (χ2v) is 5.71. The van der Waals surface area contributed by atoms with Gasteiger partial charge in [0.15, 0.2) is 0 Å². The number of carbonyl (C=O) groups excluding carboxylic acids is 1. The summed E-state index contributed by atoms with van der Waals surface area (Å²) in [6.07, 6.45) is 0. The van der Waals surface area contributed by atoms with Gasteiger partial charge in [0.1, 0.15) is 5.82 Å². The van der Waals surface area contributed by atoms with Gasteiger partial charge >= 0.3 is 0 Å². The maximum absolute atomic E-state index is 13.3. The van der Waals surface area contributed by atoms with E-state index in [-0.39, 0.29) is 11.7 Å². The van der Waals surface area contributed by atoms with Crippen LogP contribution in [0, 0.1) is 12.7 Å². The summed E-state index contributed by atoms with van der Waals surface area (Å²) >= 11 is 0. The fraction of sp³-hybridized carbons (Fsp3) is 0.167. The molecule has 1 aromatic heterocycles. The molecule has 0 bridgehead atoms. The van der Waals surface area contributed by atoms with Crippen LogP contribution in [0.3, 0.4) is 0 Å². The Labute approximate surface area is 133 Å². The van der Waals surface area contributed by atoms with Crippen LogP contribution in [0.4, 0.5) is 15.8 Å². The third-order valence-corrected chi connectivity index (χ3v) is 3.82. The number of halogens is 1. The van der Waals surface area contributed by atoms with Crippen LogP contribution >= 0.6 is 0 Å². The van der Waals surface area contributed by atoms with Crippen molar-refractivity contribution in [1.82, 2.24) is 4.98 Å². The fourth-order valence-electron chi connectivity index (χ4n) is 2.63. The second kappa shape index (κ2) is 5.76. The fourth-order valence-corrected chi connectivity index (χ4v) is 2.63. The highest BCUT2D eigenvalue weighted by Gasteiger charge is 2.16. The van der Waals surface area contributed by atoms with Gasteiger partial charge < -0.3 is 15.2 Å². The van der Waals surface area contributed by atoms with E-state index in [1.165, 1.54) is 12.1 Å². The molecule has 0 aliphatic heterocycles. The zero-order chi connectivity index (χ0) is 16.6. The number of aromatic nitrogens is 1. The zero-order valence-corrected chi connectivity index (χ0v) is 13.3. The Hall–Kier alpha value is -2.82. The van der Waals surface area contributed by atoms with E-state index in [2.05, 4.69) is 10.3 Å². The Bertz CT molecular complexity index is 866. The van der Waals surface area contributed by atoms with Crippen molar-refractivity contribution in [2.24, 2.45) is 0 Å². The van der Waals surface area contributed by atoms with E-state index in [1.54, 1.807) is 6.07 Å². The molecule has 3 aromatic rings. The number of nitrogens with zero attached hydrogens (tertiary/aromatic N) is 1. The second-order valence-electron chi connectivity index (χ2n) is 5.71. The predicted octanol–water partition coefficient (Wildman–Crippen LogP) is 3.93. The SMILES string of the molecule is Cc1[nH]c2cc(F)ccc2c1C(=O)Nc1ccc(N(C)C)cc1. The molecule has 5 heteroatoms. The van der Waals surface area contributed by atoms with Crippen LogP contribution in [0.2, 0.25) is 0 Å². The maximum Gasteiger partial charge on any atom is 0.258 e. The largest absolute Gasteiger partial charge is 0.378 e. The Morgan fingerprint density at radius 1 is 1.13 bits per heavy atom. The van der Waals surface area contributed by atoms with Gasteiger partial charge in [0, 0.05) is 42.1 Å². The molecule has 0 aliphatic rings. The van der Waals surface area contributed by atoms with Crippen molar-refractivity contribution >= 4 is 28.2 Å². The summed E-state index contributed by atoms with van der Waals surface area (Å²) in [6.45, 7) is 1.81. The number of fused-ring (bicyclic) bond motifs is 1. The molecule has 4 nitrogen and oxygen atoms in total. The average Bonchev–Trinajstić information content (AvgIpc) is 2.82. The highest BCUT2D eigenvalue weighted by molar-refractivity contribution is 6.13. The molecule has 3 rings (SSSR count). The van der Waals surface area contributed by atoms with Gasteiger partial charge in [-0.25, -0.2) is 4.39 Å². The molecule has 2 aromatic carbocycles. The first kappa shape index (κ1) is 15.1. The van der Waals surface area contributed by atoms with Crippen molar-refractivity contribution in [2.45, 2.75) is 6.92 Å². The molecule has 118 valence electrons. The zero-order valence-electron chi connectivity index (χ0n) is 13.3. The number of carbonyl (C=O) groups is 1. The molecular formula is C18H18FN3O. The topological polar surface area (TPSA) is 48.1 Å². The van der Waals surface area contributed by atoms with Crippen molar-refractivity contribution < 1.29 is 9.18 Å². The Morgan fingerprint density at radius 2 is 1.83 bits per heavy atom. The minimum absolute atomic E-state index is 0.210. The number of amides is 1. The maximum atomic E-state index is 13.3. The lowest BCUT2D eigenvalue weighted by Gasteiger charge is -2.13. The lowest BCUT2D eigenvalue weighted by atomic mass is 10.1. The molecule has 23 heavy (non-hydrogen) atoms. The van der Waals surface area contributed by atoms with Gasteiger partial charge in [-0.1, -0.05) is 0 Å². The number of rotatable bonds is 3. The molecule has 0 fully saturated rings. The quantitative estimate of drug-likeness (QED) is 0.770. The molecule has 0 saturated heterocycles.